The Bertz CT molecular complexity index is 1390. The summed E-state index contributed by atoms with van der Waals surface area (Å²) in [6, 6.07) is 0. The minimum Gasteiger partial charge on any atom is -0.381 e. The molecule has 424 valence electrons. The van der Waals surface area contributed by atoms with Crippen molar-refractivity contribution < 1.29 is 110 Å². The average Bonchev–Trinajstić information content (AvgIpc) is 3.32. The van der Waals surface area contributed by atoms with E-state index in [0.29, 0.717) is 184 Å². The van der Waals surface area contributed by atoms with E-state index < -0.39 is 32.8 Å². The molecule has 0 aliphatic rings. The Morgan fingerprint density at radius 3 is 1.07 bits per heavy atom. The maximum Gasteiger partial charge on any atom is 0.397 e. The highest BCUT2D eigenvalue weighted by molar-refractivity contribution is 7.81. The molecule has 0 spiro atoms. The van der Waals surface area contributed by atoms with E-state index in [2.05, 4.69) is 25.9 Å². The molecule has 0 aromatic heterocycles. The number of unbranched alkanes of at least 4 members (excludes halogenated alkanes) is 3. The zero-order chi connectivity index (χ0) is 52.0. The van der Waals surface area contributed by atoms with Crippen molar-refractivity contribution in [2.45, 2.75) is 64.4 Å². The fourth-order valence-corrected chi connectivity index (χ4v) is 5.84. The van der Waals surface area contributed by atoms with Gasteiger partial charge in [0.05, 0.1) is 172 Å². The van der Waals surface area contributed by atoms with Crippen LogP contribution >= 0.6 is 0 Å². The van der Waals surface area contributed by atoms with Gasteiger partial charge in [0.15, 0.2) is 0 Å². The quantitative estimate of drug-likeness (QED) is 0.0479. The lowest BCUT2D eigenvalue weighted by Gasteiger charge is -2.18. The van der Waals surface area contributed by atoms with E-state index in [4.69, 9.17) is 75.4 Å². The molecular formula is C43H86N2O24S2. The first-order chi connectivity index (χ1) is 34.4. The van der Waals surface area contributed by atoms with Gasteiger partial charge in [-0.3, -0.25) is 18.7 Å². The minimum absolute atomic E-state index is 0.0115. The summed E-state index contributed by atoms with van der Waals surface area (Å²) in [6.45, 7) is 13.2. The number of carbonyl (C=O) groups is 2. The molecule has 0 aliphatic heterocycles. The molecule has 0 aromatic carbocycles. The van der Waals surface area contributed by atoms with Crippen LogP contribution in [0.4, 0.5) is 0 Å². The Kier molecular flexibility index (Phi) is 51.6. The molecule has 0 bridgehead atoms. The number of hydrogen-bond acceptors (Lipinski definition) is 22. The predicted molar refractivity (Wildman–Crippen MR) is 254 cm³/mol. The summed E-state index contributed by atoms with van der Waals surface area (Å²) in [5, 5.41) is 5.59. The fourth-order valence-electron chi connectivity index (χ4n) is 5.19. The van der Waals surface area contributed by atoms with Crippen molar-refractivity contribution in [1.82, 2.24) is 10.6 Å². The lowest BCUT2D eigenvalue weighted by Crippen LogP contribution is -2.39. The molecule has 26 nitrogen and oxygen atoms in total. The molecule has 0 aliphatic carbocycles. The van der Waals surface area contributed by atoms with Crippen molar-refractivity contribution >= 4 is 32.6 Å². The molecule has 0 aromatic rings. The number of hydrogen-bond donors (Lipinski definition) is 4. The Labute approximate surface area is 421 Å². The second-order valence-corrected chi connectivity index (χ2v) is 16.9. The third kappa shape index (κ3) is 58.9. The summed E-state index contributed by atoms with van der Waals surface area (Å²) in [7, 11) is -9.02. The van der Waals surface area contributed by atoms with E-state index in [1.165, 1.54) is 0 Å². The Balaban J connectivity index is 3.52. The van der Waals surface area contributed by atoms with E-state index in [1.54, 1.807) is 0 Å². The second-order valence-electron chi connectivity index (χ2n) is 14.8. The molecule has 4 N–H and O–H groups in total. The smallest absolute Gasteiger partial charge is 0.381 e. The van der Waals surface area contributed by atoms with Crippen LogP contribution in [0.2, 0.25) is 0 Å². The highest BCUT2D eigenvalue weighted by atomic mass is 32.3. The zero-order valence-corrected chi connectivity index (χ0v) is 43.5. The lowest BCUT2D eigenvalue weighted by atomic mass is 10.2. The van der Waals surface area contributed by atoms with E-state index in [1.807, 2.05) is 0 Å². The highest BCUT2D eigenvalue weighted by Crippen LogP contribution is 2.05. The van der Waals surface area contributed by atoms with Crippen LogP contribution in [0.25, 0.3) is 0 Å². The van der Waals surface area contributed by atoms with E-state index >= 15 is 0 Å². The zero-order valence-electron chi connectivity index (χ0n) is 41.8. The largest absolute Gasteiger partial charge is 0.397 e. The van der Waals surface area contributed by atoms with Crippen LogP contribution < -0.4 is 10.6 Å². The molecule has 0 radical (unpaired) electrons. The summed E-state index contributed by atoms with van der Waals surface area (Å²) >= 11 is 0. The standard InChI is InChI=1S/C43H86N2O24S2/c1-2-3-10-44-42(46)9-17-55-19-21-57-23-25-59-27-29-61-31-33-63-35-37-65-39-40-66-38-36-64-34-32-62-30-28-60-26-24-58-22-20-56-18-11-45-43(47)41(67-13-5-7-15-69-71(51,52)53)8-16-54-12-4-6-14-68-70(48,49)50/h41H,2-40H2,1H3,(H,44,46)(H,45,47)(H,48,49,50)(H,51,52,53)/t41-/m1/s1. The van der Waals surface area contributed by atoms with Crippen molar-refractivity contribution in [3.8, 4) is 0 Å². The maximum atomic E-state index is 12.7. The van der Waals surface area contributed by atoms with Gasteiger partial charge in [0.25, 0.3) is 0 Å². The molecule has 2 amide bonds. The molecule has 0 heterocycles. The Morgan fingerprint density at radius 2 is 0.704 bits per heavy atom. The number of nitrogens with one attached hydrogen (secondary N) is 2. The first-order valence-corrected chi connectivity index (χ1v) is 27.1. The van der Waals surface area contributed by atoms with E-state index in [9.17, 15) is 26.4 Å². The summed E-state index contributed by atoms with van der Waals surface area (Å²) < 4.78 is 145. The van der Waals surface area contributed by atoms with Gasteiger partial charge in [0.1, 0.15) is 6.10 Å². The van der Waals surface area contributed by atoms with Gasteiger partial charge in [0, 0.05) is 45.8 Å². The molecule has 0 fully saturated rings. The van der Waals surface area contributed by atoms with Crippen LogP contribution in [-0.2, 0) is 105 Å². The monoisotopic (exact) mass is 1080 g/mol. The summed E-state index contributed by atoms with van der Waals surface area (Å²) in [4.78, 5) is 24.3. The minimum atomic E-state index is -4.53. The van der Waals surface area contributed by atoms with Gasteiger partial charge in [-0.2, -0.15) is 16.8 Å². The van der Waals surface area contributed by atoms with Crippen LogP contribution in [0.15, 0.2) is 0 Å². The molecule has 71 heavy (non-hydrogen) atoms. The van der Waals surface area contributed by atoms with Gasteiger partial charge in [-0.1, -0.05) is 13.3 Å². The van der Waals surface area contributed by atoms with Crippen molar-refractivity contribution in [2.24, 2.45) is 0 Å². The first-order valence-electron chi connectivity index (χ1n) is 24.3. The van der Waals surface area contributed by atoms with Gasteiger partial charge in [-0.15, -0.1) is 0 Å². The fraction of sp³-hybridized carbons (Fsp3) is 0.953. The van der Waals surface area contributed by atoms with Gasteiger partial charge >= 0.3 is 20.8 Å². The third-order valence-corrected chi connectivity index (χ3v) is 9.71. The predicted octanol–water partition coefficient (Wildman–Crippen LogP) is 0.599. The average molecular weight is 1080 g/mol. The molecule has 0 saturated carbocycles. The van der Waals surface area contributed by atoms with E-state index in [-0.39, 0.29) is 64.9 Å². The van der Waals surface area contributed by atoms with Gasteiger partial charge < -0.3 is 76.9 Å². The topological polar surface area (TPSA) is 315 Å². The van der Waals surface area contributed by atoms with Crippen LogP contribution in [-0.4, -0.2) is 249 Å². The molecule has 0 unspecified atom stereocenters. The van der Waals surface area contributed by atoms with Crippen molar-refractivity contribution in [3.05, 3.63) is 0 Å². The molecule has 0 rings (SSSR count). The summed E-state index contributed by atoms with van der Waals surface area (Å²) in [6.07, 6.45) is 3.15. The lowest BCUT2D eigenvalue weighted by molar-refractivity contribution is -0.134. The SMILES string of the molecule is CCCCNC(=O)CCOCCOCCOCCOCCOCCOCCOCCOCCOCCOCCOCCOCCNC(=O)[C@@H](CCOCCCCOS(=O)(=O)O)OCCCCOS(=O)(=O)O. The van der Waals surface area contributed by atoms with Gasteiger partial charge in [-0.05, 0) is 32.1 Å². The number of carbonyl (C=O) groups excluding carboxylic acids is 2. The molecule has 1 atom stereocenters. The molecule has 28 heteroatoms. The first kappa shape index (κ1) is 69.1. The summed E-state index contributed by atoms with van der Waals surface area (Å²) in [5.41, 5.74) is 0. The van der Waals surface area contributed by atoms with Gasteiger partial charge in [-0.25, -0.2) is 8.37 Å². The van der Waals surface area contributed by atoms with Crippen molar-refractivity contribution in [3.63, 3.8) is 0 Å². The summed E-state index contributed by atoms with van der Waals surface area (Å²) in [5.74, 6) is -0.382. The van der Waals surface area contributed by atoms with Crippen LogP contribution in [0.5, 0.6) is 0 Å². The second kappa shape index (κ2) is 53.0. The molecule has 0 saturated heterocycles. The van der Waals surface area contributed by atoms with Crippen molar-refractivity contribution in [2.75, 3.05) is 205 Å². The Morgan fingerprint density at radius 1 is 0.380 bits per heavy atom. The van der Waals surface area contributed by atoms with Crippen LogP contribution in [0.1, 0.15) is 58.3 Å². The Hall–Kier alpha value is -1.88. The molecular weight excluding hydrogens is 993 g/mol. The maximum absolute atomic E-state index is 12.7. The number of amides is 2. The number of rotatable bonds is 59. The third-order valence-electron chi connectivity index (χ3n) is 8.79. The normalized spacial score (nSPS) is 12.4. The highest BCUT2D eigenvalue weighted by Gasteiger charge is 2.19. The van der Waals surface area contributed by atoms with Gasteiger partial charge in [0.2, 0.25) is 11.8 Å². The van der Waals surface area contributed by atoms with E-state index in [0.717, 1.165) is 12.8 Å². The van der Waals surface area contributed by atoms with Crippen molar-refractivity contribution in [1.29, 1.82) is 0 Å². The van der Waals surface area contributed by atoms with Crippen LogP contribution in [0, 0.1) is 0 Å². The number of ether oxygens (including phenoxy) is 14. The van der Waals surface area contributed by atoms with Crippen LogP contribution in [0.3, 0.4) is 0 Å².